The van der Waals surface area contributed by atoms with E-state index in [2.05, 4.69) is 30.7 Å². The second-order valence-electron chi connectivity index (χ2n) is 4.93. The van der Waals surface area contributed by atoms with Crippen LogP contribution < -0.4 is 4.74 Å². The van der Waals surface area contributed by atoms with Gasteiger partial charge in [-0.2, -0.15) is 0 Å². The fourth-order valence-electron chi connectivity index (χ4n) is 2.06. The third kappa shape index (κ3) is 5.35. The van der Waals surface area contributed by atoms with Crippen LogP contribution in [-0.2, 0) is 6.42 Å². The molecular weight excluding hydrogens is 260 g/mol. The second-order valence-corrected chi connectivity index (χ2v) is 5.28. The van der Waals surface area contributed by atoms with Gasteiger partial charge in [0, 0.05) is 0 Å². The first-order valence-electron chi connectivity index (χ1n) is 7.35. The first kappa shape index (κ1) is 16.2. The van der Waals surface area contributed by atoms with E-state index in [1.165, 1.54) is 25.6 Å². The number of nitrogens with zero attached hydrogens (tertiary/aromatic N) is 2. The van der Waals surface area contributed by atoms with E-state index in [4.69, 9.17) is 16.3 Å². The Morgan fingerprint density at radius 2 is 2.00 bits per heavy atom. The van der Waals surface area contributed by atoms with Crippen molar-refractivity contribution in [1.29, 1.82) is 0 Å². The molecule has 0 saturated heterocycles. The number of unbranched alkanes of at least 4 members (excludes halogenated alkanes) is 1. The number of hydrogen-bond acceptors (Lipinski definition) is 3. The lowest BCUT2D eigenvalue weighted by Gasteiger charge is -2.16. The van der Waals surface area contributed by atoms with Gasteiger partial charge in [0.25, 0.3) is 0 Å². The monoisotopic (exact) mass is 284 g/mol. The molecule has 0 amide bonds. The van der Waals surface area contributed by atoms with E-state index in [-0.39, 0.29) is 0 Å². The smallest absolute Gasteiger partial charge is 0.221 e. The van der Waals surface area contributed by atoms with Crippen LogP contribution in [0.3, 0.4) is 0 Å². The quantitative estimate of drug-likeness (QED) is 0.618. The van der Waals surface area contributed by atoms with Gasteiger partial charge in [0.2, 0.25) is 5.88 Å². The lowest BCUT2D eigenvalue weighted by Crippen LogP contribution is -2.13. The average Bonchev–Trinajstić information content (AvgIpc) is 2.42. The average molecular weight is 285 g/mol. The summed E-state index contributed by atoms with van der Waals surface area (Å²) >= 11 is 6.11. The maximum atomic E-state index is 6.11. The minimum Gasteiger partial charge on any atom is -0.477 e. The largest absolute Gasteiger partial charge is 0.477 e. The molecule has 108 valence electrons. The molecule has 0 aromatic carbocycles. The van der Waals surface area contributed by atoms with Crippen molar-refractivity contribution in [3.8, 4) is 5.88 Å². The van der Waals surface area contributed by atoms with Crippen LogP contribution in [0.2, 0.25) is 5.15 Å². The summed E-state index contributed by atoms with van der Waals surface area (Å²) in [5.74, 6) is 1.26. The lowest BCUT2D eigenvalue weighted by molar-refractivity contribution is 0.223. The number of ether oxygens (including phenoxy) is 1. The predicted molar refractivity (Wildman–Crippen MR) is 79.8 cm³/mol. The molecular formula is C15H25ClN2O. The van der Waals surface area contributed by atoms with Gasteiger partial charge in [-0.1, -0.05) is 58.1 Å². The summed E-state index contributed by atoms with van der Waals surface area (Å²) < 4.78 is 5.89. The van der Waals surface area contributed by atoms with Crippen molar-refractivity contribution in [2.45, 2.75) is 59.3 Å². The van der Waals surface area contributed by atoms with Crippen LogP contribution in [0.25, 0.3) is 0 Å². The van der Waals surface area contributed by atoms with Crippen LogP contribution in [0.1, 0.15) is 58.4 Å². The maximum absolute atomic E-state index is 6.11. The minimum atomic E-state index is 0.522. The Morgan fingerprint density at radius 3 is 2.63 bits per heavy atom. The van der Waals surface area contributed by atoms with Gasteiger partial charge in [-0.3, -0.25) is 0 Å². The molecule has 0 saturated carbocycles. The maximum Gasteiger partial charge on any atom is 0.221 e. The van der Waals surface area contributed by atoms with Gasteiger partial charge in [0.05, 0.1) is 12.2 Å². The van der Waals surface area contributed by atoms with Crippen LogP contribution in [0, 0.1) is 5.92 Å². The van der Waals surface area contributed by atoms with E-state index >= 15 is 0 Å². The summed E-state index contributed by atoms with van der Waals surface area (Å²) in [6.45, 7) is 7.27. The summed E-state index contributed by atoms with van der Waals surface area (Å²) in [7, 11) is 0. The Kier molecular flexibility index (Phi) is 7.80. The molecule has 1 heterocycles. The van der Waals surface area contributed by atoms with Crippen molar-refractivity contribution in [2.75, 3.05) is 6.61 Å². The fraction of sp³-hybridized carbons (Fsp3) is 0.733. The molecule has 1 rings (SSSR count). The zero-order chi connectivity index (χ0) is 14.1. The van der Waals surface area contributed by atoms with Crippen molar-refractivity contribution in [3.05, 3.63) is 17.0 Å². The highest BCUT2D eigenvalue weighted by atomic mass is 35.5. The fourth-order valence-corrected chi connectivity index (χ4v) is 2.27. The highest BCUT2D eigenvalue weighted by Gasteiger charge is 2.13. The molecule has 4 heteroatoms. The Labute approximate surface area is 121 Å². The van der Waals surface area contributed by atoms with Crippen LogP contribution in [0.15, 0.2) is 6.33 Å². The van der Waals surface area contributed by atoms with Gasteiger partial charge in [-0.25, -0.2) is 9.97 Å². The van der Waals surface area contributed by atoms with Crippen LogP contribution >= 0.6 is 11.6 Å². The van der Waals surface area contributed by atoms with Crippen molar-refractivity contribution in [2.24, 2.45) is 5.92 Å². The SMILES string of the molecule is CCCCC(CC)COc1ncnc(Cl)c1CCC. The number of aromatic nitrogens is 2. The highest BCUT2D eigenvalue weighted by Crippen LogP contribution is 2.24. The summed E-state index contributed by atoms with van der Waals surface area (Å²) in [5, 5.41) is 0.522. The van der Waals surface area contributed by atoms with E-state index in [9.17, 15) is 0 Å². The second kappa shape index (κ2) is 9.13. The summed E-state index contributed by atoms with van der Waals surface area (Å²) in [5.41, 5.74) is 0.942. The van der Waals surface area contributed by atoms with Gasteiger partial charge in [0.15, 0.2) is 0 Å². The molecule has 0 N–H and O–H groups in total. The van der Waals surface area contributed by atoms with Crippen LogP contribution in [-0.4, -0.2) is 16.6 Å². The molecule has 0 aliphatic rings. The molecule has 1 aromatic rings. The van der Waals surface area contributed by atoms with E-state index in [0.29, 0.717) is 17.0 Å². The Hall–Kier alpha value is -0.830. The normalized spacial score (nSPS) is 12.4. The molecule has 0 radical (unpaired) electrons. The Balaban J connectivity index is 2.62. The molecule has 0 fully saturated rings. The molecule has 0 spiro atoms. The summed E-state index contributed by atoms with van der Waals surface area (Å²) in [6.07, 6.45) is 8.20. The first-order chi connectivity index (χ1) is 9.22. The Morgan fingerprint density at radius 1 is 1.21 bits per heavy atom. The number of halogens is 1. The number of hydrogen-bond donors (Lipinski definition) is 0. The lowest BCUT2D eigenvalue weighted by atomic mass is 10.0. The van der Waals surface area contributed by atoms with E-state index in [1.807, 2.05) is 0 Å². The summed E-state index contributed by atoms with van der Waals surface area (Å²) in [4.78, 5) is 8.26. The number of rotatable bonds is 9. The van der Waals surface area contributed by atoms with Crippen molar-refractivity contribution in [3.63, 3.8) is 0 Å². The summed E-state index contributed by atoms with van der Waals surface area (Å²) in [6, 6.07) is 0. The van der Waals surface area contributed by atoms with Crippen LogP contribution in [0.5, 0.6) is 5.88 Å². The van der Waals surface area contributed by atoms with Gasteiger partial charge >= 0.3 is 0 Å². The molecule has 0 aliphatic carbocycles. The van der Waals surface area contributed by atoms with Gasteiger partial charge in [-0.15, -0.1) is 0 Å². The predicted octanol–water partition coefficient (Wildman–Crippen LogP) is 4.68. The highest BCUT2D eigenvalue weighted by molar-refractivity contribution is 6.30. The van der Waals surface area contributed by atoms with Crippen LogP contribution in [0.4, 0.5) is 0 Å². The zero-order valence-electron chi connectivity index (χ0n) is 12.3. The topological polar surface area (TPSA) is 35.0 Å². The third-order valence-electron chi connectivity index (χ3n) is 3.35. The standard InChI is InChI=1S/C15H25ClN2O/c1-4-7-9-12(6-3)10-19-15-13(8-5-2)14(16)17-11-18-15/h11-12H,4-10H2,1-3H3. The Bertz CT molecular complexity index is 371. The van der Waals surface area contributed by atoms with E-state index in [0.717, 1.165) is 31.4 Å². The van der Waals surface area contributed by atoms with Crippen molar-refractivity contribution >= 4 is 11.6 Å². The van der Waals surface area contributed by atoms with Gasteiger partial charge < -0.3 is 4.74 Å². The molecule has 0 aliphatic heterocycles. The molecule has 1 atom stereocenters. The van der Waals surface area contributed by atoms with E-state index in [1.54, 1.807) is 0 Å². The molecule has 1 unspecified atom stereocenters. The third-order valence-corrected chi connectivity index (χ3v) is 3.68. The molecule has 1 aromatic heterocycles. The first-order valence-corrected chi connectivity index (χ1v) is 7.72. The minimum absolute atomic E-state index is 0.522. The van der Waals surface area contributed by atoms with Crippen molar-refractivity contribution < 1.29 is 4.74 Å². The molecule has 19 heavy (non-hydrogen) atoms. The molecule has 0 bridgehead atoms. The zero-order valence-corrected chi connectivity index (χ0v) is 13.0. The van der Waals surface area contributed by atoms with Gasteiger partial charge in [0.1, 0.15) is 11.5 Å². The van der Waals surface area contributed by atoms with Gasteiger partial charge in [-0.05, 0) is 18.8 Å². The van der Waals surface area contributed by atoms with E-state index < -0.39 is 0 Å². The molecule has 3 nitrogen and oxygen atoms in total. The van der Waals surface area contributed by atoms with Crippen molar-refractivity contribution in [1.82, 2.24) is 9.97 Å².